The highest BCUT2D eigenvalue weighted by Crippen LogP contribution is 2.44. The lowest BCUT2D eigenvalue weighted by Gasteiger charge is -2.25. The minimum atomic E-state index is -4.02. The molecular formula is C30H34N2O6S. The number of sulfonamides is 1. The smallest absolute Gasteiger partial charge is 0.407 e. The summed E-state index contributed by atoms with van der Waals surface area (Å²) >= 11 is 0. The number of alkyl carbamates (subject to hydrolysis) is 1. The second kappa shape index (κ2) is 11.6. The molecule has 0 saturated carbocycles. The number of nitrogens with one attached hydrogen (secondary N) is 1. The number of amides is 1. The van der Waals surface area contributed by atoms with Crippen LogP contribution >= 0.6 is 0 Å². The van der Waals surface area contributed by atoms with E-state index >= 15 is 0 Å². The van der Waals surface area contributed by atoms with Crippen LogP contribution in [0.15, 0.2) is 77.7 Å². The summed E-state index contributed by atoms with van der Waals surface area (Å²) in [6, 6.07) is 22.4. The number of fused-ring (bicyclic) bond motifs is 3. The quantitative estimate of drug-likeness (QED) is 0.382. The van der Waals surface area contributed by atoms with Gasteiger partial charge >= 0.3 is 12.1 Å². The van der Waals surface area contributed by atoms with Gasteiger partial charge in [-0.1, -0.05) is 66.2 Å². The van der Waals surface area contributed by atoms with E-state index in [2.05, 4.69) is 17.4 Å². The summed E-state index contributed by atoms with van der Waals surface area (Å²) in [6.07, 6.45) is -0.665. The number of hydrogen-bond acceptors (Lipinski definition) is 6. The molecule has 1 aliphatic carbocycles. The molecule has 1 amide bonds. The van der Waals surface area contributed by atoms with Crippen molar-refractivity contribution in [2.75, 3.05) is 26.2 Å². The molecule has 0 spiro atoms. The molecule has 39 heavy (non-hydrogen) atoms. The van der Waals surface area contributed by atoms with Crippen LogP contribution in [0, 0.1) is 6.92 Å². The summed E-state index contributed by atoms with van der Waals surface area (Å²) in [5.74, 6) is -0.770. The fraction of sp³-hybridized carbons (Fsp3) is 0.333. The highest BCUT2D eigenvalue weighted by atomic mass is 32.2. The molecule has 0 bridgehead atoms. The van der Waals surface area contributed by atoms with Crippen LogP contribution < -0.4 is 5.32 Å². The number of ether oxygens (including phenoxy) is 2. The Balaban J connectivity index is 1.39. The van der Waals surface area contributed by atoms with E-state index < -0.39 is 34.2 Å². The molecule has 0 radical (unpaired) electrons. The minimum absolute atomic E-state index is 0.0510. The van der Waals surface area contributed by atoms with Gasteiger partial charge in [0.2, 0.25) is 10.0 Å². The third kappa shape index (κ3) is 6.85. The Morgan fingerprint density at radius 3 is 2.03 bits per heavy atom. The Hall–Kier alpha value is -3.69. The van der Waals surface area contributed by atoms with Crippen molar-refractivity contribution >= 4 is 22.1 Å². The second-order valence-electron chi connectivity index (χ2n) is 10.5. The van der Waals surface area contributed by atoms with Crippen molar-refractivity contribution in [2.24, 2.45) is 0 Å². The third-order valence-electron chi connectivity index (χ3n) is 6.36. The van der Waals surface area contributed by atoms with Crippen molar-refractivity contribution in [2.45, 2.75) is 44.1 Å². The van der Waals surface area contributed by atoms with E-state index in [9.17, 15) is 18.0 Å². The van der Waals surface area contributed by atoms with Gasteiger partial charge in [-0.15, -0.1) is 0 Å². The topological polar surface area (TPSA) is 102 Å². The number of nitrogens with zero attached hydrogens (tertiary/aromatic N) is 1. The van der Waals surface area contributed by atoms with Crippen LogP contribution in [0.5, 0.6) is 0 Å². The lowest BCUT2D eigenvalue weighted by atomic mass is 9.98. The van der Waals surface area contributed by atoms with Gasteiger partial charge in [-0.2, -0.15) is 4.31 Å². The number of carbonyl (C=O) groups is 2. The Labute approximate surface area is 230 Å². The molecule has 1 N–H and O–H groups in total. The number of aryl methyl sites for hydroxylation is 1. The molecule has 0 atom stereocenters. The molecule has 206 valence electrons. The van der Waals surface area contributed by atoms with E-state index in [1.165, 1.54) is 12.1 Å². The number of esters is 1. The van der Waals surface area contributed by atoms with Crippen LogP contribution in [-0.4, -0.2) is 56.6 Å². The molecule has 9 heteroatoms. The maximum absolute atomic E-state index is 13.3. The van der Waals surface area contributed by atoms with Crippen molar-refractivity contribution < 1.29 is 27.5 Å². The van der Waals surface area contributed by atoms with Gasteiger partial charge in [0, 0.05) is 19.0 Å². The van der Waals surface area contributed by atoms with E-state index in [1.54, 1.807) is 32.9 Å². The number of carbonyl (C=O) groups excluding carboxylic acids is 2. The first kappa shape index (κ1) is 28.3. The number of benzene rings is 3. The zero-order valence-electron chi connectivity index (χ0n) is 22.6. The van der Waals surface area contributed by atoms with Crippen LogP contribution in [0.4, 0.5) is 4.79 Å². The van der Waals surface area contributed by atoms with Gasteiger partial charge < -0.3 is 14.8 Å². The Morgan fingerprint density at radius 1 is 0.897 bits per heavy atom. The standard InChI is InChI=1S/C30H34N2O6S/c1-21-13-15-22(16-14-21)39(35,36)32(19-28(33)38-30(2,3)4)18-17-31-29(34)37-20-27-25-11-7-5-9-23(25)24-10-6-8-12-26(24)27/h5-16,27H,17-20H2,1-4H3,(H,31,34). The largest absolute Gasteiger partial charge is 0.459 e. The second-order valence-corrected chi connectivity index (χ2v) is 12.4. The maximum atomic E-state index is 13.3. The predicted molar refractivity (Wildman–Crippen MR) is 149 cm³/mol. The maximum Gasteiger partial charge on any atom is 0.407 e. The molecule has 0 unspecified atom stereocenters. The van der Waals surface area contributed by atoms with Crippen molar-refractivity contribution in [3.05, 3.63) is 89.5 Å². The predicted octanol–water partition coefficient (Wildman–Crippen LogP) is 4.87. The molecule has 0 aliphatic heterocycles. The summed E-state index contributed by atoms with van der Waals surface area (Å²) < 4.78 is 38.5. The number of rotatable bonds is 9. The summed E-state index contributed by atoms with van der Waals surface area (Å²) in [4.78, 5) is 25.1. The highest BCUT2D eigenvalue weighted by molar-refractivity contribution is 7.89. The van der Waals surface area contributed by atoms with E-state index in [4.69, 9.17) is 9.47 Å². The Kier molecular flexibility index (Phi) is 8.42. The zero-order valence-corrected chi connectivity index (χ0v) is 23.5. The van der Waals surface area contributed by atoms with Gasteiger partial charge in [-0.05, 0) is 62.1 Å². The lowest BCUT2D eigenvalue weighted by Crippen LogP contribution is -2.43. The molecule has 3 aromatic carbocycles. The van der Waals surface area contributed by atoms with E-state index in [0.717, 1.165) is 32.1 Å². The first-order valence-corrected chi connectivity index (χ1v) is 14.3. The van der Waals surface area contributed by atoms with E-state index in [-0.39, 0.29) is 30.5 Å². The minimum Gasteiger partial charge on any atom is -0.459 e. The summed E-state index contributed by atoms with van der Waals surface area (Å²) in [6.45, 7) is 6.45. The van der Waals surface area contributed by atoms with E-state index in [0.29, 0.717) is 0 Å². The van der Waals surface area contributed by atoms with Crippen LogP contribution in [0.3, 0.4) is 0 Å². The average molecular weight is 551 g/mol. The van der Waals surface area contributed by atoms with Crippen molar-refractivity contribution in [3.8, 4) is 11.1 Å². The molecular weight excluding hydrogens is 516 g/mol. The van der Waals surface area contributed by atoms with Crippen molar-refractivity contribution in [1.29, 1.82) is 0 Å². The molecule has 0 fully saturated rings. The SMILES string of the molecule is Cc1ccc(S(=O)(=O)N(CCNC(=O)OCC2c3ccccc3-c3ccccc32)CC(=O)OC(C)(C)C)cc1. The van der Waals surface area contributed by atoms with Gasteiger partial charge in [0.15, 0.2) is 0 Å². The van der Waals surface area contributed by atoms with Gasteiger partial charge in [-0.3, -0.25) is 4.79 Å². The molecule has 0 aromatic heterocycles. The first-order chi connectivity index (χ1) is 18.5. The van der Waals surface area contributed by atoms with Crippen LogP contribution in [0.1, 0.15) is 43.4 Å². The zero-order chi connectivity index (χ0) is 28.2. The molecule has 8 nitrogen and oxygen atoms in total. The Morgan fingerprint density at radius 2 is 1.46 bits per heavy atom. The van der Waals surface area contributed by atoms with Crippen LogP contribution in [-0.2, 0) is 24.3 Å². The number of hydrogen-bond donors (Lipinski definition) is 1. The first-order valence-electron chi connectivity index (χ1n) is 12.8. The lowest BCUT2D eigenvalue weighted by molar-refractivity contribution is -0.154. The molecule has 4 rings (SSSR count). The summed E-state index contributed by atoms with van der Waals surface area (Å²) in [5.41, 5.74) is 4.58. The third-order valence-corrected chi connectivity index (χ3v) is 8.22. The van der Waals surface area contributed by atoms with Crippen LogP contribution in [0.2, 0.25) is 0 Å². The monoisotopic (exact) mass is 550 g/mol. The van der Waals surface area contributed by atoms with E-state index in [1.807, 2.05) is 43.3 Å². The van der Waals surface area contributed by atoms with Crippen molar-refractivity contribution in [3.63, 3.8) is 0 Å². The van der Waals surface area contributed by atoms with Crippen molar-refractivity contribution in [1.82, 2.24) is 9.62 Å². The summed E-state index contributed by atoms with van der Waals surface area (Å²) in [7, 11) is -4.02. The molecule has 3 aromatic rings. The average Bonchev–Trinajstić information content (AvgIpc) is 3.20. The van der Waals surface area contributed by atoms with Crippen LogP contribution in [0.25, 0.3) is 11.1 Å². The fourth-order valence-corrected chi connectivity index (χ4v) is 5.98. The highest BCUT2D eigenvalue weighted by Gasteiger charge is 2.30. The Bertz CT molecular complexity index is 1400. The van der Waals surface area contributed by atoms with Gasteiger partial charge in [0.1, 0.15) is 18.8 Å². The molecule has 0 saturated heterocycles. The normalized spacial score (nSPS) is 13.1. The van der Waals surface area contributed by atoms with Gasteiger partial charge in [-0.25, -0.2) is 13.2 Å². The van der Waals surface area contributed by atoms with Gasteiger partial charge in [0.05, 0.1) is 4.90 Å². The summed E-state index contributed by atoms with van der Waals surface area (Å²) in [5, 5.41) is 2.62. The fourth-order valence-electron chi connectivity index (χ4n) is 4.59. The van der Waals surface area contributed by atoms with Gasteiger partial charge in [0.25, 0.3) is 0 Å². The molecule has 0 heterocycles. The molecule has 1 aliphatic rings.